The van der Waals surface area contributed by atoms with E-state index in [4.69, 9.17) is 0 Å². The van der Waals surface area contributed by atoms with Crippen LogP contribution in [0.15, 0.2) is 54.6 Å². The van der Waals surface area contributed by atoms with Crippen LogP contribution in [0.4, 0.5) is 0 Å². The van der Waals surface area contributed by atoms with Crippen LogP contribution in [0, 0.1) is 0 Å². The van der Waals surface area contributed by atoms with E-state index in [-0.39, 0.29) is 73.8 Å². The second kappa shape index (κ2) is 7.94. The third-order valence-electron chi connectivity index (χ3n) is 2.76. The zero-order valence-corrected chi connectivity index (χ0v) is 17.1. The van der Waals surface area contributed by atoms with Gasteiger partial charge in [0.05, 0.1) is 0 Å². The average molecular weight is 612 g/mol. The molecule has 1 aliphatic rings. The smallest absolute Gasteiger partial charge is 0 e. The minimum Gasteiger partial charge on any atom is -1.00 e. The number of fused-ring (bicyclic) bond motifs is 1. The minimum absolute atomic E-state index is 0. The van der Waals surface area contributed by atoms with Gasteiger partial charge in [0.1, 0.15) is 0 Å². The van der Waals surface area contributed by atoms with Gasteiger partial charge in [0.15, 0.2) is 0 Å². The van der Waals surface area contributed by atoms with Crippen molar-refractivity contribution in [2.45, 2.75) is 6.42 Å². The third kappa shape index (κ3) is 3.80. The normalized spacial score (nSPS) is 12.4. The Balaban J connectivity index is 0.000000853. The zero-order valence-electron chi connectivity index (χ0n) is 9.16. The predicted molar refractivity (Wildman–Crippen MR) is 61.3 cm³/mol. The summed E-state index contributed by atoms with van der Waals surface area (Å²) in [4.78, 5) is 0. The molecule has 0 fully saturated rings. The molecule has 2 aromatic carbocycles. The van der Waals surface area contributed by atoms with Gasteiger partial charge in [-0.05, 0) is 6.42 Å². The van der Waals surface area contributed by atoms with E-state index in [2.05, 4.69) is 54.6 Å². The quantitative estimate of drug-likeness (QED) is 0.197. The fourth-order valence-corrected chi connectivity index (χ4v) is 2.00. The summed E-state index contributed by atoms with van der Waals surface area (Å²) in [6, 6.07) is 13.1. The molecule has 3 rings (SSSR count). The number of allylic oxidation sites excluding steroid dienone is 4. The molecular formula is C14H11HfI2-3. The Morgan fingerprint density at radius 2 is 1.82 bits per heavy atom. The molecule has 0 aliphatic heterocycles. The summed E-state index contributed by atoms with van der Waals surface area (Å²) < 4.78 is 0. The molecule has 0 spiro atoms. The van der Waals surface area contributed by atoms with Crippen LogP contribution in [0.3, 0.4) is 0 Å². The second-order valence-corrected chi connectivity index (χ2v) is 3.70. The molecule has 2 aromatic rings. The molecule has 88 valence electrons. The van der Waals surface area contributed by atoms with Gasteiger partial charge in [0.25, 0.3) is 0 Å². The fraction of sp³-hybridized carbons (Fsp3) is 0.0714. The van der Waals surface area contributed by atoms with Crippen molar-refractivity contribution in [2.75, 3.05) is 0 Å². The zero-order chi connectivity index (χ0) is 9.38. The summed E-state index contributed by atoms with van der Waals surface area (Å²) in [5, 5.41) is 2.69. The Morgan fingerprint density at radius 3 is 2.47 bits per heavy atom. The van der Waals surface area contributed by atoms with Crippen molar-refractivity contribution in [3.63, 3.8) is 0 Å². The summed E-state index contributed by atoms with van der Waals surface area (Å²) in [6.45, 7) is 0. The Bertz CT molecular complexity index is 505. The van der Waals surface area contributed by atoms with Crippen LogP contribution in [0.25, 0.3) is 16.3 Å². The molecule has 0 unspecified atom stereocenters. The Morgan fingerprint density at radius 1 is 1.06 bits per heavy atom. The number of hydrogen-bond donors (Lipinski definition) is 0. The monoisotopic (exact) mass is 613 g/mol. The minimum atomic E-state index is 0. The molecule has 0 heterocycles. The summed E-state index contributed by atoms with van der Waals surface area (Å²) in [5.41, 5.74) is 2.80. The van der Waals surface area contributed by atoms with Crippen LogP contribution in [0.1, 0.15) is 12.0 Å². The van der Waals surface area contributed by atoms with Crippen molar-refractivity contribution in [2.24, 2.45) is 0 Å². The van der Waals surface area contributed by atoms with Crippen LogP contribution in [0.5, 0.6) is 0 Å². The molecule has 0 radical (unpaired) electrons. The van der Waals surface area contributed by atoms with Gasteiger partial charge in [-0.3, -0.25) is 0 Å². The van der Waals surface area contributed by atoms with Crippen LogP contribution in [-0.2, 0) is 25.8 Å². The van der Waals surface area contributed by atoms with Gasteiger partial charge in [-0.1, -0.05) is 36.4 Å². The fourth-order valence-electron chi connectivity index (χ4n) is 2.00. The molecule has 0 atom stereocenters. The first-order valence-electron chi connectivity index (χ1n) is 4.95. The molecule has 1 aliphatic carbocycles. The molecule has 0 nitrogen and oxygen atoms in total. The summed E-state index contributed by atoms with van der Waals surface area (Å²) in [6.07, 6.45) is 7.62. The first-order chi connectivity index (χ1) is 6.93. The standard InChI is InChI=1S/C14H11.Hf.2HI/c1-2-6-11(5-1)14-9-12-7-3-4-8-13(12)10-14;;;/h1-5,7-10H,6H2;;2*1H/q-1;;;/p-2. The Kier molecular flexibility index (Phi) is 8.24. The third-order valence-corrected chi connectivity index (χ3v) is 2.76. The van der Waals surface area contributed by atoms with Gasteiger partial charge in [0, 0.05) is 25.8 Å². The number of benzene rings is 1. The van der Waals surface area contributed by atoms with Gasteiger partial charge in [-0.2, -0.15) is 0 Å². The van der Waals surface area contributed by atoms with Gasteiger partial charge in [0.2, 0.25) is 0 Å². The van der Waals surface area contributed by atoms with Gasteiger partial charge in [-0.25, -0.2) is 0 Å². The van der Waals surface area contributed by atoms with Crippen LogP contribution in [-0.4, -0.2) is 0 Å². The van der Waals surface area contributed by atoms with Crippen LogP contribution in [0.2, 0.25) is 0 Å². The van der Waals surface area contributed by atoms with Crippen molar-refractivity contribution < 1.29 is 73.8 Å². The van der Waals surface area contributed by atoms with Gasteiger partial charge >= 0.3 is 0 Å². The van der Waals surface area contributed by atoms with Crippen molar-refractivity contribution in [1.29, 1.82) is 0 Å². The average Bonchev–Trinajstić information content (AvgIpc) is 2.86. The molecule has 0 aromatic heterocycles. The van der Waals surface area contributed by atoms with E-state index in [0.717, 1.165) is 6.42 Å². The predicted octanol–water partition coefficient (Wildman–Crippen LogP) is -2.09. The first-order valence-corrected chi connectivity index (χ1v) is 4.95. The summed E-state index contributed by atoms with van der Waals surface area (Å²) >= 11 is 0. The molecule has 0 saturated carbocycles. The van der Waals surface area contributed by atoms with Crippen molar-refractivity contribution >= 4 is 16.3 Å². The van der Waals surface area contributed by atoms with E-state index in [0.29, 0.717) is 0 Å². The SMILES string of the molecule is C1=CCC(c2cc3ccccc3[cH-]2)=C1.[Hf].[I-].[I-]. The molecule has 0 bridgehead atoms. The molecule has 3 heteroatoms. The van der Waals surface area contributed by atoms with Crippen LogP contribution >= 0.6 is 0 Å². The maximum Gasteiger partial charge on any atom is 0 e. The molecule has 0 amide bonds. The van der Waals surface area contributed by atoms with E-state index >= 15 is 0 Å². The van der Waals surface area contributed by atoms with E-state index in [1.54, 1.807) is 0 Å². The summed E-state index contributed by atoms with van der Waals surface area (Å²) in [7, 11) is 0. The number of halogens is 2. The molecule has 0 N–H and O–H groups in total. The van der Waals surface area contributed by atoms with E-state index in [1.165, 1.54) is 21.9 Å². The maximum atomic E-state index is 2.27. The number of hydrogen-bond acceptors (Lipinski definition) is 0. The maximum absolute atomic E-state index is 2.27. The summed E-state index contributed by atoms with van der Waals surface area (Å²) in [5.74, 6) is 0. The van der Waals surface area contributed by atoms with Crippen molar-refractivity contribution in [1.82, 2.24) is 0 Å². The number of rotatable bonds is 1. The van der Waals surface area contributed by atoms with Gasteiger partial charge < -0.3 is 48.0 Å². The Hall–Kier alpha value is 0.640. The second-order valence-electron chi connectivity index (χ2n) is 3.70. The molecule has 0 saturated heterocycles. The first kappa shape index (κ1) is 17.6. The van der Waals surface area contributed by atoms with E-state index in [9.17, 15) is 0 Å². The van der Waals surface area contributed by atoms with Crippen molar-refractivity contribution in [3.05, 3.63) is 60.2 Å². The van der Waals surface area contributed by atoms with E-state index < -0.39 is 0 Å². The van der Waals surface area contributed by atoms with Crippen LogP contribution < -0.4 is 48.0 Å². The Labute approximate surface area is 155 Å². The molecular weight excluding hydrogens is 600 g/mol. The van der Waals surface area contributed by atoms with E-state index in [1.807, 2.05) is 0 Å². The molecule has 17 heavy (non-hydrogen) atoms. The van der Waals surface area contributed by atoms with Gasteiger partial charge in [-0.15, -0.1) is 40.1 Å². The topological polar surface area (TPSA) is 0 Å². The largest absolute Gasteiger partial charge is 1.00 e. The van der Waals surface area contributed by atoms with Crippen molar-refractivity contribution in [3.8, 4) is 0 Å².